The molecule has 4 nitrogen and oxygen atoms in total. The smallest absolute Gasteiger partial charge is 0.330 e. The summed E-state index contributed by atoms with van der Waals surface area (Å²) < 4.78 is 0. The summed E-state index contributed by atoms with van der Waals surface area (Å²) >= 11 is 0. The monoisotopic (exact) mass is 1130 g/mol. The summed E-state index contributed by atoms with van der Waals surface area (Å²) in [5.74, 6) is 0. The second-order valence-corrected chi connectivity index (χ2v) is 26.3. The summed E-state index contributed by atoms with van der Waals surface area (Å²) in [6, 6.07) is 97.2. The highest BCUT2D eigenvalue weighted by molar-refractivity contribution is 6.94. The quantitative estimate of drug-likeness (QED) is 0.141. The summed E-state index contributed by atoms with van der Waals surface area (Å²) in [6.07, 6.45) is 0.875. The van der Waals surface area contributed by atoms with Crippen LogP contribution >= 0.6 is 0 Å². The highest BCUT2D eigenvalue weighted by atomic mass is 15.3. The fraction of sp³-hybridized carbons (Fsp3) is 0.122. The molecule has 0 saturated heterocycles. The third-order valence-electron chi connectivity index (χ3n) is 21.0. The molecule has 6 heteroatoms. The zero-order valence-corrected chi connectivity index (χ0v) is 50.6. The Hall–Kier alpha value is -10.0. The van der Waals surface area contributed by atoms with E-state index in [1.54, 1.807) is 0 Å². The van der Waals surface area contributed by atoms with Crippen LogP contribution in [0, 0.1) is 13.8 Å². The normalized spacial score (nSPS) is 15.1. The van der Waals surface area contributed by atoms with E-state index in [9.17, 15) is 0 Å². The van der Waals surface area contributed by atoms with Gasteiger partial charge < -0.3 is 19.4 Å². The lowest BCUT2D eigenvalue weighted by Gasteiger charge is -2.54. The van der Waals surface area contributed by atoms with Gasteiger partial charge in [-0.05, 0) is 169 Å². The van der Waals surface area contributed by atoms with Gasteiger partial charge in [-0.25, -0.2) is 0 Å². The van der Waals surface area contributed by atoms with Gasteiger partial charge in [-0.15, -0.1) is 0 Å². The molecule has 12 aromatic rings. The zero-order valence-electron chi connectivity index (χ0n) is 50.6. The maximum Gasteiger partial charge on any atom is 0.330 e. The Labute approximate surface area is 517 Å². The highest BCUT2D eigenvalue weighted by Crippen LogP contribution is 2.62. The average molecular weight is 1130 g/mol. The van der Waals surface area contributed by atoms with Crippen molar-refractivity contribution in [1.29, 1.82) is 0 Å². The van der Waals surface area contributed by atoms with Gasteiger partial charge >= 0.3 is 13.7 Å². The summed E-state index contributed by atoms with van der Waals surface area (Å²) in [5, 5.41) is 0. The van der Waals surface area contributed by atoms with Crippen LogP contribution in [0.1, 0.15) is 60.6 Å². The first-order valence-electron chi connectivity index (χ1n) is 31.5. The van der Waals surface area contributed by atoms with Crippen LogP contribution in [0.2, 0.25) is 0 Å². The lowest BCUT2D eigenvalue weighted by molar-refractivity contribution is 0.528. The molecule has 6 aliphatic heterocycles. The summed E-state index contributed by atoms with van der Waals surface area (Å²) in [4.78, 5) is 10.8. The molecule has 6 aliphatic rings. The molecule has 0 spiro atoms. The molecule has 0 radical (unpaired) electrons. The first-order chi connectivity index (χ1) is 43.0. The van der Waals surface area contributed by atoms with Crippen LogP contribution < -0.4 is 41.3 Å². The van der Waals surface area contributed by atoms with Crippen molar-refractivity contribution < 1.29 is 0 Å². The minimum atomic E-state index is -0.399. The largest absolute Gasteiger partial charge is 0.373 e. The van der Waals surface area contributed by atoms with Gasteiger partial charge in [0.1, 0.15) is 0 Å². The Kier molecular flexibility index (Phi) is 10.9. The van der Waals surface area contributed by atoms with Crippen LogP contribution in [0.5, 0.6) is 0 Å². The van der Waals surface area contributed by atoms with E-state index in [1.165, 1.54) is 156 Å². The van der Waals surface area contributed by atoms with Crippen molar-refractivity contribution in [3.63, 3.8) is 0 Å². The minimum Gasteiger partial charge on any atom is -0.373 e. The van der Waals surface area contributed by atoms with E-state index in [0.29, 0.717) is 0 Å². The third-order valence-corrected chi connectivity index (χ3v) is 21.0. The van der Waals surface area contributed by atoms with Gasteiger partial charge in [-0.1, -0.05) is 227 Å². The molecule has 0 saturated carbocycles. The van der Waals surface area contributed by atoms with Crippen molar-refractivity contribution in [3.05, 3.63) is 288 Å². The van der Waals surface area contributed by atoms with Gasteiger partial charge in [0.15, 0.2) is 0 Å². The van der Waals surface area contributed by atoms with Gasteiger partial charge in [-0.2, -0.15) is 0 Å². The Morgan fingerprint density at radius 2 is 0.716 bits per heavy atom. The number of fused-ring (bicyclic) bond motifs is 6. The lowest BCUT2D eigenvalue weighted by Crippen LogP contribution is -2.66. The number of rotatable bonds is 8. The van der Waals surface area contributed by atoms with Gasteiger partial charge in [0.05, 0.1) is 45.5 Å². The van der Waals surface area contributed by atoms with Crippen LogP contribution in [0.4, 0.5) is 45.5 Å². The van der Waals surface area contributed by atoms with Gasteiger partial charge in [0, 0.05) is 46.7 Å². The standard InChI is InChI=1S/C82H64B2N4/c1-51-43-63-59-33-23-37-67-75(59)84-76-60(34-24-38-68(76)81(67,3)4)64-44-52(2)46-74-80(64)88(84)79(63)73(45-51)86(74)42-41-82(5)65-35-19-21-39-69(65)83(70-40-22-20-36-66(70)82)87-77-61(55-29-15-9-16-30-55)47-57(53-25-11-7-12-26-53)49-71(77)85(6)72-50-58(54-27-13-8-14-28-54)48-62(78(72)87)56-31-17-10-18-32-56/h7-40,43-50H,41-42H2,1-6H3. The van der Waals surface area contributed by atoms with E-state index in [-0.39, 0.29) is 19.1 Å². The second-order valence-electron chi connectivity index (χ2n) is 26.3. The predicted molar refractivity (Wildman–Crippen MR) is 373 cm³/mol. The first-order valence-corrected chi connectivity index (χ1v) is 31.5. The Balaban J connectivity index is 0.858. The molecule has 0 unspecified atom stereocenters. The van der Waals surface area contributed by atoms with Crippen LogP contribution in [-0.2, 0) is 10.8 Å². The number of hydrogen-bond donors (Lipinski definition) is 0. The molecule has 0 amide bonds. The zero-order chi connectivity index (χ0) is 58.9. The van der Waals surface area contributed by atoms with Crippen molar-refractivity contribution >= 4 is 81.0 Å². The van der Waals surface area contributed by atoms with Gasteiger partial charge in [0.2, 0.25) is 0 Å². The number of benzene rings is 12. The fourth-order valence-electron chi connectivity index (χ4n) is 17.1. The Bertz CT molecular complexity index is 4620. The van der Waals surface area contributed by atoms with E-state index >= 15 is 0 Å². The topological polar surface area (TPSA) is 13.0 Å². The van der Waals surface area contributed by atoms with E-state index in [0.717, 1.165) is 24.3 Å². The summed E-state index contributed by atoms with van der Waals surface area (Å²) in [5.41, 5.74) is 38.2. The third kappa shape index (κ3) is 7.06. The van der Waals surface area contributed by atoms with Crippen LogP contribution in [0.25, 0.3) is 66.8 Å². The first kappa shape index (κ1) is 51.2. The van der Waals surface area contributed by atoms with E-state index in [4.69, 9.17) is 0 Å². The Morgan fingerprint density at radius 3 is 1.17 bits per heavy atom. The number of anilines is 8. The van der Waals surface area contributed by atoms with Gasteiger partial charge in [0.25, 0.3) is 0 Å². The van der Waals surface area contributed by atoms with Crippen molar-refractivity contribution in [2.45, 2.75) is 51.9 Å². The SMILES string of the molecule is Cc1cc2c3c(c1)N(CCC1(C)c4ccccc4B(N4c5c(-c6ccccc6)cc(-c6ccccc6)cc5N(C)c5cc(-c6ccccc6)cc(-c6ccccc6)c54)c4ccccc41)c1cc(C)cc4c1N3B1c3c-2cccc3C(C)(C)c2cccc-4c21. The van der Waals surface area contributed by atoms with E-state index in [2.05, 4.69) is 316 Å². The van der Waals surface area contributed by atoms with Crippen molar-refractivity contribution in [2.75, 3.05) is 33.0 Å². The molecular formula is C82H64B2N4. The predicted octanol–water partition coefficient (Wildman–Crippen LogP) is 17.7. The minimum absolute atomic E-state index is 0.0894. The van der Waals surface area contributed by atoms with Crippen LogP contribution in [0.3, 0.4) is 0 Å². The molecule has 6 heterocycles. The van der Waals surface area contributed by atoms with Crippen LogP contribution in [0.15, 0.2) is 255 Å². The molecule has 418 valence electrons. The second kappa shape index (κ2) is 18.7. The Morgan fingerprint density at radius 1 is 0.330 bits per heavy atom. The maximum atomic E-state index is 2.79. The molecule has 0 fully saturated rings. The number of nitrogens with zero attached hydrogens (tertiary/aromatic N) is 4. The van der Waals surface area contributed by atoms with Gasteiger partial charge in [-0.3, -0.25) is 0 Å². The molecular weight excluding hydrogens is 1060 g/mol. The van der Waals surface area contributed by atoms with Crippen molar-refractivity contribution in [3.8, 4) is 66.8 Å². The van der Waals surface area contributed by atoms with E-state index in [1.807, 2.05) is 0 Å². The van der Waals surface area contributed by atoms with E-state index < -0.39 is 5.41 Å². The molecule has 18 rings (SSSR count). The number of hydrogen-bond acceptors (Lipinski definition) is 4. The summed E-state index contributed by atoms with van der Waals surface area (Å²) in [7, 11) is 2.29. The maximum absolute atomic E-state index is 2.79. The molecule has 0 aliphatic carbocycles. The molecule has 0 atom stereocenters. The fourth-order valence-corrected chi connectivity index (χ4v) is 17.1. The number of aryl methyl sites for hydroxylation is 2. The lowest BCUT2D eigenvalue weighted by atomic mass is 9.36. The molecule has 0 bridgehead atoms. The summed E-state index contributed by atoms with van der Waals surface area (Å²) in [6.45, 7) is 12.7. The molecule has 12 aromatic carbocycles. The molecule has 88 heavy (non-hydrogen) atoms. The highest BCUT2D eigenvalue weighted by Gasteiger charge is 2.55. The van der Waals surface area contributed by atoms with Crippen molar-refractivity contribution in [1.82, 2.24) is 0 Å². The molecule has 0 aromatic heterocycles. The average Bonchev–Trinajstić information content (AvgIpc) is 0.716. The molecule has 0 N–H and O–H groups in total. The van der Waals surface area contributed by atoms with Crippen LogP contribution in [-0.4, -0.2) is 27.3 Å². The van der Waals surface area contributed by atoms with Crippen molar-refractivity contribution in [2.24, 2.45) is 0 Å².